The number of hydrogen-bond donors (Lipinski definition) is 3. The predicted octanol–water partition coefficient (Wildman–Crippen LogP) is 5.40. The number of nitrogens with one attached hydrogen (secondary N) is 1. The highest BCUT2D eigenvalue weighted by Gasteiger charge is 2.37. The third-order valence-electron chi connectivity index (χ3n) is 6.95. The van der Waals surface area contributed by atoms with Crippen LogP contribution >= 0.6 is 0 Å². The molecule has 184 valence electrons. The number of hydrogen-bond acceptors (Lipinski definition) is 5. The van der Waals surface area contributed by atoms with Crippen LogP contribution in [0.3, 0.4) is 0 Å². The Morgan fingerprint density at radius 1 is 1.14 bits per heavy atom. The molecule has 0 saturated heterocycles. The Bertz CT molecular complexity index is 1220. The molecule has 1 amide bonds. The molecular weight excluding hydrogens is 450 g/mol. The maximum atomic E-state index is 13.7. The summed E-state index contributed by atoms with van der Waals surface area (Å²) in [5.41, 5.74) is 8.20. The first-order chi connectivity index (χ1) is 16.7. The van der Waals surface area contributed by atoms with Gasteiger partial charge in [0.15, 0.2) is 17.3 Å². The SMILES string of the molecule is CC(C)C1C(C)CC(c2ccncc2NC(=O)c2nc(-c3ccc(F)c(F)c3)ccc2N)CC1O. The van der Waals surface area contributed by atoms with Gasteiger partial charge in [0.1, 0.15) is 0 Å². The fraction of sp³-hybridized carbons (Fsp3) is 0.370. The van der Waals surface area contributed by atoms with Crippen LogP contribution in [0, 0.1) is 29.4 Å². The van der Waals surface area contributed by atoms with Crippen molar-refractivity contribution in [2.45, 2.75) is 45.6 Å². The molecule has 4 unspecified atom stereocenters. The van der Waals surface area contributed by atoms with Crippen molar-refractivity contribution in [3.63, 3.8) is 0 Å². The number of carbonyl (C=O) groups excluding carboxylic acids is 1. The summed E-state index contributed by atoms with van der Waals surface area (Å²) in [7, 11) is 0. The molecule has 6 nitrogen and oxygen atoms in total. The van der Waals surface area contributed by atoms with Crippen LogP contribution in [0.1, 0.15) is 55.6 Å². The predicted molar refractivity (Wildman–Crippen MR) is 132 cm³/mol. The number of aromatic nitrogens is 2. The molecule has 8 heteroatoms. The van der Waals surface area contributed by atoms with Crippen molar-refractivity contribution < 1.29 is 18.7 Å². The van der Waals surface area contributed by atoms with Crippen molar-refractivity contribution in [2.24, 2.45) is 17.8 Å². The van der Waals surface area contributed by atoms with Gasteiger partial charge in [0.05, 0.1) is 29.4 Å². The summed E-state index contributed by atoms with van der Waals surface area (Å²) in [5.74, 6) is -1.50. The van der Waals surface area contributed by atoms with Crippen molar-refractivity contribution in [1.29, 1.82) is 0 Å². The number of aliphatic hydroxyl groups is 1. The molecule has 4 rings (SSSR count). The Kier molecular flexibility index (Phi) is 7.12. The lowest BCUT2D eigenvalue weighted by molar-refractivity contribution is 0.00428. The maximum absolute atomic E-state index is 13.7. The van der Waals surface area contributed by atoms with E-state index in [9.17, 15) is 18.7 Å². The van der Waals surface area contributed by atoms with Gasteiger partial charge >= 0.3 is 0 Å². The zero-order chi connectivity index (χ0) is 25.3. The molecule has 1 aliphatic carbocycles. The zero-order valence-electron chi connectivity index (χ0n) is 20.0. The summed E-state index contributed by atoms with van der Waals surface area (Å²) in [5, 5.41) is 13.7. The van der Waals surface area contributed by atoms with E-state index in [0.717, 1.165) is 24.1 Å². The Balaban J connectivity index is 1.59. The summed E-state index contributed by atoms with van der Waals surface area (Å²) < 4.78 is 27.0. The number of anilines is 2. The molecule has 1 fully saturated rings. The topological polar surface area (TPSA) is 101 Å². The summed E-state index contributed by atoms with van der Waals surface area (Å²) in [6.45, 7) is 6.43. The lowest BCUT2D eigenvalue weighted by atomic mass is 9.67. The molecule has 0 bridgehead atoms. The third-order valence-corrected chi connectivity index (χ3v) is 6.95. The van der Waals surface area contributed by atoms with Gasteiger partial charge in [-0.05, 0) is 78.5 Å². The quantitative estimate of drug-likeness (QED) is 0.454. The molecule has 3 aromatic rings. The van der Waals surface area contributed by atoms with E-state index in [4.69, 9.17) is 5.73 Å². The van der Waals surface area contributed by atoms with E-state index in [-0.39, 0.29) is 23.2 Å². The van der Waals surface area contributed by atoms with Crippen LogP contribution in [-0.4, -0.2) is 27.1 Å². The monoisotopic (exact) mass is 480 g/mol. The molecular formula is C27H30F2N4O2. The highest BCUT2D eigenvalue weighted by atomic mass is 19.2. The lowest BCUT2D eigenvalue weighted by Gasteiger charge is -2.41. The van der Waals surface area contributed by atoms with Crippen LogP contribution in [0.15, 0.2) is 48.8 Å². The number of benzene rings is 1. The molecule has 1 aromatic carbocycles. The van der Waals surface area contributed by atoms with Crippen LogP contribution in [0.2, 0.25) is 0 Å². The van der Waals surface area contributed by atoms with Crippen LogP contribution in [0.5, 0.6) is 0 Å². The Morgan fingerprint density at radius 3 is 2.60 bits per heavy atom. The average molecular weight is 481 g/mol. The molecule has 2 heterocycles. The maximum Gasteiger partial charge on any atom is 0.276 e. The third kappa shape index (κ3) is 5.17. The van der Waals surface area contributed by atoms with E-state index >= 15 is 0 Å². The number of nitrogens with two attached hydrogens (primary N) is 1. The number of nitrogen functional groups attached to an aromatic ring is 1. The first-order valence-electron chi connectivity index (χ1n) is 11.8. The highest BCUT2D eigenvalue weighted by molar-refractivity contribution is 6.06. The second kappa shape index (κ2) is 10.1. The summed E-state index contributed by atoms with van der Waals surface area (Å²) in [6, 6.07) is 8.34. The minimum atomic E-state index is -1.00. The molecule has 4 N–H and O–H groups in total. The van der Waals surface area contributed by atoms with E-state index in [1.54, 1.807) is 18.5 Å². The smallest absolute Gasteiger partial charge is 0.276 e. The van der Waals surface area contributed by atoms with Gasteiger partial charge in [-0.25, -0.2) is 13.8 Å². The Morgan fingerprint density at radius 2 is 1.91 bits per heavy atom. The van der Waals surface area contributed by atoms with Crippen molar-refractivity contribution >= 4 is 17.3 Å². The van der Waals surface area contributed by atoms with Gasteiger partial charge in [0.2, 0.25) is 0 Å². The van der Waals surface area contributed by atoms with Crippen molar-refractivity contribution in [3.8, 4) is 11.3 Å². The van der Waals surface area contributed by atoms with Crippen LogP contribution < -0.4 is 11.1 Å². The molecule has 0 aliphatic heterocycles. The molecule has 4 atom stereocenters. The van der Waals surface area contributed by atoms with Crippen molar-refractivity contribution in [3.05, 3.63) is 71.7 Å². The minimum Gasteiger partial charge on any atom is -0.397 e. The Labute approximate surface area is 203 Å². The van der Waals surface area contributed by atoms with Crippen LogP contribution in [-0.2, 0) is 0 Å². The molecule has 0 spiro atoms. The molecule has 35 heavy (non-hydrogen) atoms. The van der Waals surface area contributed by atoms with Crippen molar-refractivity contribution in [1.82, 2.24) is 9.97 Å². The number of rotatable bonds is 5. The first kappa shape index (κ1) is 24.7. The van der Waals surface area contributed by atoms with Crippen LogP contribution in [0.4, 0.5) is 20.2 Å². The molecule has 0 radical (unpaired) electrons. The first-order valence-corrected chi connectivity index (χ1v) is 11.8. The number of halogens is 2. The van der Waals surface area contributed by atoms with E-state index in [0.29, 0.717) is 35.2 Å². The largest absolute Gasteiger partial charge is 0.397 e. The number of amides is 1. The van der Waals surface area contributed by atoms with Gasteiger partial charge in [0, 0.05) is 11.8 Å². The summed E-state index contributed by atoms with van der Waals surface area (Å²) in [6.07, 6.45) is 4.32. The van der Waals surface area contributed by atoms with Gasteiger partial charge in [-0.1, -0.05) is 20.8 Å². The molecule has 1 aliphatic rings. The van der Waals surface area contributed by atoms with Crippen LogP contribution in [0.25, 0.3) is 11.3 Å². The molecule has 2 aromatic heterocycles. The standard InChI is InChI=1S/C27H30F2N4O2/c1-14(2)25-15(3)10-17(12-24(25)34)18-8-9-31-13-23(18)33-27(35)26-21(30)6-7-22(32-26)16-4-5-19(28)20(29)11-16/h4-9,11,13-15,17,24-25,34H,10,12,30H2,1-3H3,(H,33,35). The Hall–Kier alpha value is -3.39. The fourth-order valence-corrected chi connectivity index (χ4v) is 5.40. The summed E-state index contributed by atoms with van der Waals surface area (Å²) in [4.78, 5) is 21.7. The number of pyridine rings is 2. The summed E-state index contributed by atoms with van der Waals surface area (Å²) >= 11 is 0. The van der Waals surface area contributed by atoms with E-state index < -0.39 is 23.6 Å². The zero-order valence-corrected chi connectivity index (χ0v) is 20.0. The van der Waals surface area contributed by atoms with Gasteiger partial charge in [-0.3, -0.25) is 9.78 Å². The number of carbonyl (C=O) groups is 1. The molecule has 1 saturated carbocycles. The average Bonchev–Trinajstić information content (AvgIpc) is 2.80. The van der Waals surface area contributed by atoms with Gasteiger partial charge in [0.25, 0.3) is 5.91 Å². The highest BCUT2D eigenvalue weighted by Crippen LogP contribution is 2.44. The van der Waals surface area contributed by atoms with Gasteiger partial charge in [-0.15, -0.1) is 0 Å². The normalized spacial score (nSPS) is 22.3. The minimum absolute atomic E-state index is 0.0287. The second-order valence-corrected chi connectivity index (χ2v) is 9.71. The lowest BCUT2D eigenvalue weighted by Crippen LogP contribution is -2.37. The van der Waals surface area contributed by atoms with E-state index in [1.165, 1.54) is 12.1 Å². The van der Waals surface area contributed by atoms with Gasteiger partial charge in [-0.2, -0.15) is 0 Å². The van der Waals surface area contributed by atoms with E-state index in [2.05, 4.69) is 36.1 Å². The van der Waals surface area contributed by atoms with E-state index in [1.807, 2.05) is 6.07 Å². The fourth-order valence-electron chi connectivity index (χ4n) is 5.40. The van der Waals surface area contributed by atoms with Gasteiger partial charge < -0.3 is 16.2 Å². The van der Waals surface area contributed by atoms with Crippen molar-refractivity contribution in [2.75, 3.05) is 11.1 Å². The number of nitrogens with zero attached hydrogens (tertiary/aromatic N) is 2. The number of aliphatic hydroxyl groups excluding tert-OH is 1. The second-order valence-electron chi connectivity index (χ2n) is 9.71.